The highest BCUT2D eigenvalue weighted by Crippen LogP contribution is 2.19. The molecule has 0 spiro atoms. The maximum Gasteiger partial charge on any atom is 0.276 e. The highest BCUT2D eigenvalue weighted by molar-refractivity contribution is 6.31. The largest absolute Gasteiger partial charge is 0.321 e. The zero-order valence-corrected chi connectivity index (χ0v) is 13.7. The van der Waals surface area contributed by atoms with Crippen LogP contribution in [0.3, 0.4) is 0 Å². The summed E-state index contributed by atoms with van der Waals surface area (Å²) in [4.78, 5) is 24.3. The molecule has 0 bridgehead atoms. The fraction of sp³-hybridized carbons (Fsp3) is 0.0556. The van der Waals surface area contributed by atoms with Crippen LogP contribution in [0.25, 0.3) is 0 Å². The molecule has 3 aromatic rings. The second-order valence-electron chi connectivity index (χ2n) is 5.23. The van der Waals surface area contributed by atoms with Crippen LogP contribution in [0.4, 0.5) is 10.1 Å². The molecule has 0 unspecified atom stereocenters. The van der Waals surface area contributed by atoms with E-state index in [1.54, 1.807) is 24.3 Å². The topological polar surface area (TPSA) is 64.0 Å². The minimum absolute atomic E-state index is 0.0379. The average molecular weight is 358 g/mol. The Hall–Kier alpha value is -2.99. The molecule has 25 heavy (non-hydrogen) atoms. The van der Waals surface area contributed by atoms with Crippen molar-refractivity contribution >= 4 is 23.2 Å². The van der Waals surface area contributed by atoms with Gasteiger partial charge in [0, 0.05) is 22.3 Å². The molecule has 3 rings (SSSR count). The summed E-state index contributed by atoms with van der Waals surface area (Å²) < 4.78 is 14.9. The Morgan fingerprint density at radius 2 is 1.84 bits per heavy atom. The van der Waals surface area contributed by atoms with Crippen molar-refractivity contribution in [1.29, 1.82) is 0 Å². The highest BCUT2D eigenvalue weighted by Gasteiger charge is 2.13. The van der Waals surface area contributed by atoms with E-state index in [2.05, 4.69) is 10.4 Å². The molecular weight excluding hydrogens is 345 g/mol. The van der Waals surface area contributed by atoms with E-state index in [-0.39, 0.29) is 22.8 Å². The van der Waals surface area contributed by atoms with Gasteiger partial charge in [0.05, 0.1) is 6.54 Å². The van der Waals surface area contributed by atoms with Gasteiger partial charge in [0.25, 0.3) is 11.5 Å². The summed E-state index contributed by atoms with van der Waals surface area (Å²) in [5.74, 6) is -1.01. The maximum atomic E-state index is 13.9. The second kappa shape index (κ2) is 7.27. The minimum Gasteiger partial charge on any atom is -0.321 e. The lowest BCUT2D eigenvalue weighted by Crippen LogP contribution is -2.27. The fourth-order valence-corrected chi connectivity index (χ4v) is 2.46. The second-order valence-corrected chi connectivity index (χ2v) is 5.64. The Labute approximate surface area is 147 Å². The van der Waals surface area contributed by atoms with E-state index in [9.17, 15) is 14.0 Å². The van der Waals surface area contributed by atoms with E-state index >= 15 is 0 Å². The summed E-state index contributed by atoms with van der Waals surface area (Å²) in [5, 5.41) is 6.88. The number of hydrogen-bond donors (Lipinski definition) is 1. The smallest absolute Gasteiger partial charge is 0.276 e. The normalized spacial score (nSPS) is 10.5. The number of benzene rings is 2. The van der Waals surface area contributed by atoms with Crippen molar-refractivity contribution in [3.8, 4) is 0 Å². The van der Waals surface area contributed by atoms with Gasteiger partial charge in [-0.2, -0.15) is 5.10 Å². The van der Waals surface area contributed by atoms with Crippen molar-refractivity contribution < 1.29 is 9.18 Å². The Morgan fingerprint density at radius 3 is 2.56 bits per heavy atom. The number of halogens is 2. The van der Waals surface area contributed by atoms with Gasteiger partial charge in [0.15, 0.2) is 0 Å². The third-order valence-electron chi connectivity index (χ3n) is 3.50. The van der Waals surface area contributed by atoms with Gasteiger partial charge in [-0.3, -0.25) is 9.59 Å². The third kappa shape index (κ3) is 3.92. The van der Waals surface area contributed by atoms with E-state index in [4.69, 9.17) is 11.6 Å². The molecular formula is C18H13ClFN3O2. The van der Waals surface area contributed by atoms with Crippen molar-refractivity contribution in [2.45, 2.75) is 6.54 Å². The van der Waals surface area contributed by atoms with Crippen LogP contribution < -0.4 is 10.9 Å². The summed E-state index contributed by atoms with van der Waals surface area (Å²) in [6.07, 6.45) is 0. The van der Waals surface area contributed by atoms with Crippen LogP contribution in [-0.2, 0) is 6.54 Å². The molecule has 0 aliphatic heterocycles. The molecule has 7 heteroatoms. The van der Waals surface area contributed by atoms with Gasteiger partial charge >= 0.3 is 0 Å². The summed E-state index contributed by atoms with van der Waals surface area (Å²) in [5.41, 5.74) is 0.315. The Bertz CT molecular complexity index is 953. The van der Waals surface area contributed by atoms with Gasteiger partial charge in [0.2, 0.25) is 0 Å². The number of amides is 1. The molecule has 126 valence electrons. The van der Waals surface area contributed by atoms with E-state index in [1.807, 2.05) is 6.07 Å². The molecule has 0 radical (unpaired) electrons. The molecule has 0 saturated heterocycles. The molecule has 1 aromatic heterocycles. The zero-order valence-electron chi connectivity index (χ0n) is 12.9. The van der Waals surface area contributed by atoms with Crippen LogP contribution in [0.15, 0.2) is 65.5 Å². The van der Waals surface area contributed by atoms with Crippen LogP contribution in [0.2, 0.25) is 5.02 Å². The SMILES string of the molecule is O=C(Nc1ccccc1)c1ccc(=O)n(Cc2c(F)cccc2Cl)n1. The third-order valence-corrected chi connectivity index (χ3v) is 3.85. The number of rotatable bonds is 4. The predicted molar refractivity (Wildman–Crippen MR) is 93.4 cm³/mol. The quantitative estimate of drug-likeness (QED) is 0.779. The monoisotopic (exact) mass is 357 g/mol. The first-order valence-electron chi connectivity index (χ1n) is 7.42. The summed E-state index contributed by atoms with van der Waals surface area (Å²) in [7, 11) is 0. The van der Waals surface area contributed by atoms with Crippen molar-refractivity contribution in [3.05, 3.63) is 93.1 Å². The molecule has 1 N–H and O–H groups in total. The molecule has 0 saturated carbocycles. The van der Waals surface area contributed by atoms with Gasteiger partial charge in [-0.1, -0.05) is 35.9 Å². The number of nitrogens with zero attached hydrogens (tertiary/aromatic N) is 2. The van der Waals surface area contributed by atoms with Crippen molar-refractivity contribution in [1.82, 2.24) is 9.78 Å². The first-order valence-corrected chi connectivity index (χ1v) is 7.80. The van der Waals surface area contributed by atoms with E-state index in [0.29, 0.717) is 5.69 Å². The first-order chi connectivity index (χ1) is 12.0. The maximum absolute atomic E-state index is 13.9. The minimum atomic E-state index is -0.541. The van der Waals surface area contributed by atoms with Crippen molar-refractivity contribution in [2.75, 3.05) is 5.32 Å². The number of carbonyl (C=O) groups excluding carboxylic acids is 1. The molecule has 0 aliphatic carbocycles. The van der Waals surface area contributed by atoms with Crippen LogP contribution in [0.1, 0.15) is 16.1 Å². The lowest BCUT2D eigenvalue weighted by atomic mass is 10.2. The number of carbonyl (C=O) groups is 1. The van der Waals surface area contributed by atoms with Gasteiger partial charge in [-0.05, 0) is 30.3 Å². The average Bonchev–Trinajstić information content (AvgIpc) is 2.60. The molecule has 1 heterocycles. The fourth-order valence-electron chi connectivity index (χ4n) is 2.23. The summed E-state index contributed by atoms with van der Waals surface area (Å²) in [6.45, 7) is -0.170. The van der Waals surface area contributed by atoms with Crippen LogP contribution in [-0.4, -0.2) is 15.7 Å². The number of anilines is 1. The van der Waals surface area contributed by atoms with Gasteiger partial charge in [0.1, 0.15) is 11.5 Å². The van der Waals surface area contributed by atoms with Crippen molar-refractivity contribution in [2.24, 2.45) is 0 Å². The molecule has 0 fully saturated rings. The zero-order chi connectivity index (χ0) is 17.8. The molecule has 1 amide bonds. The van der Waals surface area contributed by atoms with E-state index < -0.39 is 17.3 Å². The Morgan fingerprint density at radius 1 is 1.08 bits per heavy atom. The predicted octanol–water partition coefficient (Wildman–Crippen LogP) is 3.34. The number of para-hydroxylation sites is 1. The van der Waals surface area contributed by atoms with E-state index in [1.165, 1.54) is 30.3 Å². The molecule has 5 nitrogen and oxygen atoms in total. The molecule has 2 aromatic carbocycles. The molecule has 0 aliphatic rings. The first kappa shape index (κ1) is 16.9. The van der Waals surface area contributed by atoms with Gasteiger partial charge < -0.3 is 5.32 Å². The standard InChI is InChI=1S/C18H13ClFN3O2/c19-14-7-4-8-15(20)13(14)11-23-17(24)10-9-16(22-23)18(25)21-12-5-2-1-3-6-12/h1-10H,11H2,(H,21,25). The van der Waals surface area contributed by atoms with Crippen LogP contribution >= 0.6 is 11.6 Å². The lowest BCUT2D eigenvalue weighted by Gasteiger charge is -2.09. The van der Waals surface area contributed by atoms with Gasteiger partial charge in [-0.15, -0.1) is 0 Å². The van der Waals surface area contributed by atoms with Crippen LogP contribution in [0, 0.1) is 5.82 Å². The summed E-state index contributed by atoms with van der Waals surface area (Å²) in [6, 6.07) is 15.6. The number of nitrogens with one attached hydrogen (secondary N) is 1. The number of aromatic nitrogens is 2. The highest BCUT2D eigenvalue weighted by atomic mass is 35.5. The summed E-state index contributed by atoms with van der Waals surface area (Å²) >= 11 is 5.98. The Balaban J connectivity index is 1.88. The van der Waals surface area contributed by atoms with Crippen LogP contribution in [0.5, 0.6) is 0 Å². The lowest BCUT2D eigenvalue weighted by molar-refractivity contribution is 0.102. The Kier molecular flexibility index (Phi) is 4.90. The van der Waals surface area contributed by atoms with Crippen molar-refractivity contribution in [3.63, 3.8) is 0 Å². The van der Waals surface area contributed by atoms with E-state index in [0.717, 1.165) is 4.68 Å². The van der Waals surface area contributed by atoms with Gasteiger partial charge in [-0.25, -0.2) is 9.07 Å². The molecule has 0 atom stereocenters. The number of hydrogen-bond acceptors (Lipinski definition) is 3.